The molecule has 2 aliphatic heterocycles. The second-order valence-corrected chi connectivity index (χ2v) is 11.8. The van der Waals surface area contributed by atoms with Gasteiger partial charge in [-0.1, -0.05) is 43.5 Å². The van der Waals surface area contributed by atoms with E-state index in [0.29, 0.717) is 23.5 Å². The first-order chi connectivity index (χ1) is 20.6. The van der Waals surface area contributed by atoms with Crippen molar-refractivity contribution in [2.75, 3.05) is 18.1 Å². The molecule has 1 saturated heterocycles. The maximum atomic E-state index is 12.2. The zero-order valence-electron chi connectivity index (χ0n) is 24.3. The van der Waals surface area contributed by atoms with Crippen LogP contribution < -0.4 is 4.90 Å². The Morgan fingerprint density at radius 1 is 1.00 bits per heavy atom. The van der Waals surface area contributed by atoms with Crippen molar-refractivity contribution in [3.8, 4) is 0 Å². The molecule has 6 rings (SSSR count). The molecule has 2 fully saturated rings. The van der Waals surface area contributed by atoms with Crippen molar-refractivity contribution in [2.24, 2.45) is 0 Å². The molecule has 0 amide bonds. The molecular weight excluding hydrogens is 578 g/mol. The van der Waals surface area contributed by atoms with Crippen LogP contribution >= 0.6 is 11.6 Å². The lowest BCUT2D eigenvalue weighted by molar-refractivity contribution is -0.166. The van der Waals surface area contributed by atoms with Gasteiger partial charge in [0, 0.05) is 39.3 Å². The normalized spacial score (nSPS) is 24.5. The summed E-state index contributed by atoms with van der Waals surface area (Å²) in [5, 5.41) is 0.0239. The zero-order valence-corrected chi connectivity index (χ0v) is 25.1. The number of hydrogen-bond acceptors (Lipinski definition) is 11. The third-order valence-corrected chi connectivity index (χ3v) is 8.71. The quantitative estimate of drug-likeness (QED) is 0.227. The Morgan fingerprint density at radius 2 is 1.72 bits per heavy atom. The number of carbonyl (C=O) groups is 3. The van der Waals surface area contributed by atoms with Crippen molar-refractivity contribution in [1.82, 2.24) is 19.5 Å². The number of carbonyl (C=O) groups excluding carboxylic acids is 3. The molecule has 3 aliphatic rings. The van der Waals surface area contributed by atoms with Gasteiger partial charge in [0.15, 0.2) is 35.4 Å². The summed E-state index contributed by atoms with van der Waals surface area (Å²) >= 11 is 6.54. The van der Waals surface area contributed by atoms with Gasteiger partial charge in [0.05, 0.1) is 6.33 Å². The van der Waals surface area contributed by atoms with Gasteiger partial charge in [-0.2, -0.15) is 9.97 Å². The molecule has 43 heavy (non-hydrogen) atoms. The summed E-state index contributed by atoms with van der Waals surface area (Å²) in [4.78, 5) is 51.8. The van der Waals surface area contributed by atoms with Crippen LogP contribution in [0, 0.1) is 0 Å². The maximum Gasteiger partial charge on any atom is 0.303 e. The first kappa shape index (κ1) is 29.3. The lowest BCUT2D eigenvalue weighted by Gasteiger charge is -2.47. The van der Waals surface area contributed by atoms with Gasteiger partial charge < -0.3 is 23.8 Å². The van der Waals surface area contributed by atoms with E-state index < -0.39 is 42.4 Å². The van der Waals surface area contributed by atoms with E-state index in [4.69, 9.17) is 35.5 Å². The van der Waals surface area contributed by atoms with E-state index >= 15 is 0 Å². The van der Waals surface area contributed by atoms with Crippen LogP contribution in [0.25, 0.3) is 11.2 Å². The fraction of sp³-hybridized carbons (Fsp3) is 0.533. The van der Waals surface area contributed by atoms with E-state index in [1.807, 2.05) is 0 Å². The minimum Gasteiger partial charge on any atom is -0.463 e. The van der Waals surface area contributed by atoms with Crippen LogP contribution in [0.15, 0.2) is 30.6 Å². The van der Waals surface area contributed by atoms with Crippen LogP contribution in [-0.4, -0.2) is 68.9 Å². The maximum absolute atomic E-state index is 12.2. The van der Waals surface area contributed by atoms with Gasteiger partial charge in [0.1, 0.15) is 12.7 Å². The number of aromatic nitrogens is 4. The summed E-state index contributed by atoms with van der Waals surface area (Å²) in [6, 6.07) is 8.61. The Morgan fingerprint density at radius 3 is 2.44 bits per heavy atom. The third kappa shape index (κ3) is 5.65. The van der Waals surface area contributed by atoms with Crippen molar-refractivity contribution in [3.63, 3.8) is 0 Å². The highest BCUT2D eigenvalue weighted by atomic mass is 35.5. The van der Waals surface area contributed by atoms with Crippen molar-refractivity contribution in [1.29, 1.82) is 0 Å². The molecule has 4 atom stereocenters. The second-order valence-electron chi connectivity index (χ2n) is 11.5. The van der Waals surface area contributed by atoms with Crippen LogP contribution in [0.2, 0.25) is 5.28 Å². The molecule has 2 aromatic heterocycles. The van der Waals surface area contributed by atoms with Crippen LogP contribution in [-0.2, 0) is 45.3 Å². The molecule has 4 heterocycles. The number of anilines is 1. The van der Waals surface area contributed by atoms with E-state index in [9.17, 15) is 14.4 Å². The summed E-state index contributed by atoms with van der Waals surface area (Å²) < 4.78 is 24.1. The monoisotopic (exact) mass is 611 g/mol. The van der Waals surface area contributed by atoms with Gasteiger partial charge in [0.2, 0.25) is 5.28 Å². The van der Waals surface area contributed by atoms with E-state index in [-0.39, 0.29) is 17.3 Å². The van der Waals surface area contributed by atoms with Gasteiger partial charge in [-0.05, 0) is 35.6 Å². The average molecular weight is 612 g/mol. The second kappa shape index (κ2) is 11.7. The summed E-state index contributed by atoms with van der Waals surface area (Å²) in [6.45, 7) is 4.94. The molecule has 12 nitrogen and oxygen atoms in total. The van der Waals surface area contributed by atoms with Crippen LogP contribution in [0.5, 0.6) is 0 Å². The molecule has 0 bridgehead atoms. The number of hydrogen-bond donors (Lipinski definition) is 0. The molecule has 0 N–H and O–H groups in total. The van der Waals surface area contributed by atoms with Crippen LogP contribution in [0.3, 0.4) is 0 Å². The number of ether oxygens (including phenoxy) is 4. The Hall–Kier alpha value is -3.77. The molecule has 13 heteroatoms. The van der Waals surface area contributed by atoms with E-state index in [1.54, 1.807) is 4.57 Å². The number of rotatable bonds is 6. The lowest BCUT2D eigenvalue weighted by atomic mass is 9.66. The minimum absolute atomic E-state index is 0.00950. The molecule has 0 radical (unpaired) electrons. The van der Waals surface area contributed by atoms with Crippen molar-refractivity contribution in [3.05, 3.63) is 47.0 Å². The third-order valence-electron chi connectivity index (χ3n) is 8.54. The number of benzene rings is 1. The number of fused-ring (bicyclic) bond motifs is 3. The lowest BCUT2D eigenvalue weighted by Crippen LogP contribution is -2.47. The first-order valence-corrected chi connectivity index (χ1v) is 14.9. The summed E-state index contributed by atoms with van der Waals surface area (Å²) in [6.07, 6.45) is 3.23. The van der Waals surface area contributed by atoms with Crippen molar-refractivity contribution < 1.29 is 33.3 Å². The smallest absolute Gasteiger partial charge is 0.303 e. The van der Waals surface area contributed by atoms with Gasteiger partial charge >= 0.3 is 17.9 Å². The molecule has 1 unspecified atom stereocenters. The predicted molar refractivity (Wildman–Crippen MR) is 154 cm³/mol. The topological polar surface area (TPSA) is 135 Å². The molecule has 1 aromatic carbocycles. The highest BCUT2D eigenvalue weighted by molar-refractivity contribution is 6.28. The minimum atomic E-state index is -1.08. The SMILES string of the molecule is CC(=O)OC[C@H]1O[C@@H](n2cnc3c(N4Cc5ccccc5C5(CCCCC5)C4)nc(Cl)nc32)C(OC(C)=O)[C@H]1OC(C)=O. The molecule has 1 saturated carbocycles. The number of nitrogens with zero attached hydrogens (tertiary/aromatic N) is 5. The predicted octanol–water partition coefficient (Wildman–Crippen LogP) is 4.03. The van der Waals surface area contributed by atoms with E-state index in [2.05, 4.69) is 39.1 Å². The zero-order chi connectivity index (χ0) is 30.3. The van der Waals surface area contributed by atoms with Crippen LogP contribution in [0.4, 0.5) is 5.82 Å². The summed E-state index contributed by atoms with van der Waals surface area (Å²) in [5.74, 6) is -1.15. The van der Waals surface area contributed by atoms with E-state index in [1.165, 1.54) is 57.5 Å². The van der Waals surface area contributed by atoms with Crippen molar-refractivity contribution in [2.45, 2.75) is 89.4 Å². The molecular formula is C30H34ClN5O7. The highest BCUT2D eigenvalue weighted by Gasteiger charge is 2.51. The Bertz CT molecular complexity index is 1550. The van der Waals surface area contributed by atoms with Gasteiger partial charge in [0.25, 0.3) is 0 Å². The summed E-state index contributed by atoms with van der Waals surface area (Å²) in [5.41, 5.74) is 3.54. The highest BCUT2D eigenvalue weighted by Crippen LogP contribution is 2.46. The average Bonchev–Trinajstić information content (AvgIpc) is 3.52. The van der Waals surface area contributed by atoms with Crippen LogP contribution in [0.1, 0.15) is 70.2 Å². The Balaban J connectivity index is 1.40. The Kier molecular flexibility index (Phi) is 7.99. The largest absolute Gasteiger partial charge is 0.463 e. The van der Waals surface area contributed by atoms with E-state index in [0.717, 1.165) is 19.4 Å². The molecule has 3 aromatic rings. The fourth-order valence-corrected chi connectivity index (χ4v) is 7.05. The number of esters is 3. The molecule has 1 spiro atoms. The molecule has 1 aliphatic carbocycles. The standard InChI is InChI=1S/C30H34ClN5O7/c1-17(37)40-14-22-24(41-18(2)38)25(42-19(3)39)28(43-22)36-16-32-23-26(33-29(31)34-27(23)36)35-13-20-9-5-6-10-21(20)30(15-35)11-7-4-8-12-30/h5-6,9-10,16,22,24-25,28H,4,7-8,11-15H2,1-3H3/t22-,24+,25?,28-/m1/s1. The van der Waals surface area contributed by atoms with Gasteiger partial charge in [-0.15, -0.1) is 0 Å². The summed E-state index contributed by atoms with van der Waals surface area (Å²) in [7, 11) is 0. The number of halogens is 1. The molecule has 228 valence electrons. The fourth-order valence-electron chi connectivity index (χ4n) is 6.89. The number of imidazole rings is 1. The van der Waals surface area contributed by atoms with Crippen molar-refractivity contribution >= 4 is 46.5 Å². The van der Waals surface area contributed by atoms with Gasteiger partial charge in [-0.25, -0.2) is 4.98 Å². The van der Waals surface area contributed by atoms with Gasteiger partial charge in [-0.3, -0.25) is 19.0 Å². The first-order valence-electron chi connectivity index (χ1n) is 14.5. The Labute approximate surface area is 253 Å².